The highest BCUT2D eigenvalue weighted by Gasteiger charge is 2.48. The maximum absolute atomic E-state index is 13.1. The van der Waals surface area contributed by atoms with Gasteiger partial charge in [0.2, 0.25) is 18.2 Å². The van der Waals surface area contributed by atoms with Crippen molar-refractivity contribution in [3.05, 3.63) is 12.7 Å². The molecule has 0 aromatic carbocycles. The number of alkyl carbamates (subject to hydrolysis) is 1. The number of carbonyl (C=O) groups excluding carboxylic acids is 4. The number of rotatable bonds is 9. The number of hydrogen-bond donors (Lipinski definition) is 1. The number of nitrogens with zero attached hydrogens (tertiary/aromatic N) is 4. The lowest BCUT2D eigenvalue weighted by Crippen LogP contribution is -2.74. The normalized spacial score (nSPS) is 22.6. The van der Waals surface area contributed by atoms with E-state index in [1.165, 1.54) is 16.0 Å². The van der Waals surface area contributed by atoms with Gasteiger partial charge in [-0.1, -0.05) is 26.5 Å². The smallest absolute Gasteiger partial charge is 0.407 e. The molecule has 0 bridgehead atoms. The Morgan fingerprint density at radius 1 is 1.38 bits per heavy atom. The van der Waals surface area contributed by atoms with Crippen LogP contribution >= 0.6 is 0 Å². The van der Waals surface area contributed by atoms with Crippen molar-refractivity contribution in [1.82, 2.24) is 25.1 Å². The molecule has 10 nitrogen and oxygen atoms in total. The molecule has 4 amide bonds. The first-order valence-corrected chi connectivity index (χ1v) is 9.86. The van der Waals surface area contributed by atoms with Crippen LogP contribution in [0.3, 0.4) is 0 Å². The van der Waals surface area contributed by atoms with Gasteiger partial charge in [-0.25, -0.2) is 9.80 Å². The molecule has 0 aromatic heterocycles. The minimum atomic E-state index is -0.665. The lowest BCUT2D eigenvalue weighted by Gasteiger charge is -2.53. The van der Waals surface area contributed by atoms with Crippen molar-refractivity contribution in [2.75, 3.05) is 39.8 Å². The molecule has 2 rings (SSSR count). The number of piperazine rings is 1. The van der Waals surface area contributed by atoms with E-state index in [0.29, 0.717) is 32.3 Å². The van der Waals surface area contributed by atoms with E-state index in [0.717, 1.165) is 0 Å². The van der Waals surface area contributed by atoms with E-state index >= 15 is 0 Å². The molecule has 1 unspecified atom stereocenters. The Kier molecular flexibility index (Phi) is 8.00. The van der Waals surface area contributed by atoms with Crippen molar-refractivity contribution in [3.8, 4) is 0 Å². The molecule has 0 radical (unpaired) electrons. The molecule has 0 aromatic rings. The quantitative estimate of drug-likeness (QED) is 0.327. The Balaban J connectivity index is 2.10. The molecular weight excluding hydrogens is 378 g/mol. The number of hydrazine groups is 1. The second kappa shape index (κ2) is 10.2. The van der Waals surface area contributed by atoms with Crippen molar-refractivity contribution in [2.24, 2.45) is 5.92 Å². The molecule has 0 saturated carbocycles. The number of likely N-dealkylation sites (N-methyl/N-ethyl adjacent to an activating group) is 1. The average molecular weight is 409 g/mol. The van der Waals surface area contributed by atoms with Crippen LogP contribution in [0.1, 0.15) is 26.7 Å². The maximum Gasteiger partial charge on any atom is 0.407 e. The van der Waals surface area contributed by atoms with Crippen LogP contribution in [0.15, 0.2) is 12.7 Å². The highest BCUT2D eigenvalue weighted by molar-refractivity contribution is 5.90. The van der Waals surface area contributed by atoms with E-state index in [-0.39, 0.29) is 37.4 Å². The van der Waals surface area contributed by atoms with E-state index in [1.54, 1.807) is 17.0 Å². The predicted molar refractivity (Wildman–Crippen MR) is 105 cm³/mol. The lowest BCUT2D eigenvalue weighted by molar-refractivity contribution is -0.197. The van der Waals surface area contributed by atoms with Gasteiger partial charge in [-0.15, -0.1) is 0 Å². The van der Waals surface area contributed by atoms with Gasteiger partial charge < -0.3 is 19.9 Å². The molecule has 2 aliphatic heterocycles. The van der Waals surface area contributed by atoms with Crippen molar-refractivity contribution in [3.63, 3.8) is 0 Å². The summed E-state index contributed by atoms with van der Waals surface area (Å²) >= 11 is 0. The van der Waals surface area contributed by atoms with Gasteiger partial charge in [0.15, 0.2) is 0 Å². The summed E-state index contributed by atoms with van der Waals surface area (Å²) in [5, 5.41) is 5.66. The SMILES string of the molecule is C=CCOC(=O)NCCC[C@H]1C(=O)N(CC(C)C)CC2N1C(=O)CN(C)N2C=O. The largest absolute Gasteiger partial charge is 0.445 e. The molecule has 2 fully saturated rings. The molecule has 1 N–H and O–H groups in total. The minimum absolute atomic E-state index is 0.0370. The lowest BCUT2D eigenvalue weighted by atomic mass is 10.0. The molecule has 29 heavy (non-hydrogen) atoms. The third-order valence-corrected chi connectivity index (χ3v) is 4.94. The van der Waals surface area contributed by atoms with E-state index < -0.39 is 18.3 Å². The van der Waals surface area contributed by atoms with Gasteiger partial charge >= 0.3 is 6.09 Å². The van der Waals surface area contributed by atoms with E-state index in [2.05, 4.69) is 11.9 Å². The van der Waals surface area contributed by atoms with Gasteiger partial charge in [0, 0.05) is 20.1 Å². The van der Waals surface area contributed by atoms with Gasteiger partial charge in [-0.05, 0) is 18.8 Å². The fraction of sp³-hybridized carbons (Fsp3) is 0.684. The van der Waals surface area contributed by atoms with Crippen LogP contribution in [0.25, 0.3) is 0 Å². The second-order valence-corrected chi connectivity index (χ2v) is 7.69. The summed E-state index contributed by atoms with van der Waals surface area (Å²) in [4.78, 5) is 52.2. The number of nitrogens with one attached hydrogen (secondary N) is 1. The first-order chi connectivity index (χ1) is 13.8. The van der Waals surface area contributed by atoms with Crippen molar-refractivity contribution in [1.29, 1.82) is 0 Å². The summed E-state index contributed by atoms with van der Waals surface area (Å²) in [6.45, 7) is 8.82. The van der Waals surface area contributed by atoms with Gasteiger partial charge in [-0.3, -0.25) is 19.4 Å². The van der Waals surface area contributed by atoms with E-state index in [4.69, 9.17) is 4.74 Å². The maximum atomic E-state index is 13.1. The van der Waals surface area contributed by atoms with Gasteiger partial charge in [0.25, 0.3) is 0 Å². The summed E-state index contributed by atoms with van der Waals surface area (Å²) in [6.07, 6.45) is 1.97. The highest BCUT2D eigenvalue weighted by Crippen LogP contribution is 2.27. The zero-order chi connectivity index (χ0) is 21.6. The number of carbonyl (C=O) groups is 4. The number of hydrogen-bond acceptors (Lipinski definition) is 6. The highest BCUT2D eigenvalue weighted by atomic mass is 16.5. The third-order valence-electron chi connectivity index (χ3n) is 4.94. The van der Waals surface area contributed by atoms with Crippen LogP contribution < -0.4 is 5.32 Å². The Labute approximate surface area is 171 Å². The molecule has 2 heterocycles. The predicted octanol–water partition coefficient (Wildman–Crippen LogP) is 0.0191. The molecule has 2 atom stereocenters. The van der Waals surface area contributed by atoms with E-state index in [1.807, 2.05) is 13.8 Å². The zero-order valence-corrected chi connectivity index (χ0v) is 17.4. The van der Waals surface area contributed by atoms with Crippen LogP contribution in [0.2, 0.25) is 0 Å². The zero-order valence-electron chi connectivity index (χ0n) is 17.4. The number of fused-ring (bicyclic) bond motifs is 1. The van der Waals surface area contributed by atoms with E-state index in [9.17, 15) is 19.2 Å². The van der Waals surface area contributed by atoms with Crippen LogP contribution in [-0.4, -0.2) is 96.2 Å². The van der Waals surface area contributed by atoms with Crippen LogP contribution in [-0.2, 0) is 19.1 Å². The summed E-state index contributed by atoms with van der Waals surface area (Å²) in [7, 11) is 1.68. The van der Waals surface area contributed by atoms with Crippen LogP contribution in [0.4, 0.5) is 4.79 Å². The fourth-order valence-electron chi connectivity index (χ4n) is 3.74. The Hall–Kier alpha value is -2.62. The first-order valence-electron chi connectivity index (χ1n) is 9.86. The molecule has 0 spiro atoms. The topological polar surface area (TPSA) is 102 Å². The minimum Gasteiger partial charge on any atom is -0.445 e. The van der Waals surface area contributed by atoms with Crippen LogP contribution in [0.5, 0.6) is 0 Å². The van der Waals surface area contributed by atoms with Gasteiger partial charge in [0.05, 0.1) is 13.1 Å². The molecular formula is C19H31N5O5. The van der Waals surface area contributed by atoms with Gasteiger partial charge in [0.1, 0.15) is 18.8 Å². The fourth-order valence-corrected chi connectivity index (χ4v) is 3.74. The number of ether oxygens (including phenoxy) is 1. The Morgan fingerprint density at radius 3 is 2.72 bits per heavy atom. The van der Waals surface area contributed by atoms with Crippen LogP contribution in [0, 0.1) is 5.92 Å². The summed E-state index contributed by atoms with van der Waals surface area (Å²) in [5.41, 5.74) is 0. The number of amides is 4. The Bertz CT molecular complexity index is 640. The molecule has 0 aliphatic carbocycles. The van der Waals surface area contributed by atoms with Crippen molar-refractivity contribution in [2.45, 2.75) is 38.9 Å². The van der Waals surface area contributed by atoms with Crippen molar-refractivity contribution < 1.29 is 23.9 Å². The first kappa shape index (κ1) is 22.7. The third kappa shape index (κ3) is 5.47. The van der Waals surface area contributed by atoms with Crippen molar-refractivity contribution >= 4 is 24.3 Å². The average Bonchev–Trinajstić information content (AvgIpc) is 2.65. The monoisotopic (exact) mass is 409 g/mol. The molecule has 2 aliphatic rings. The van der Waals surface area contributed by atoms with Gasteiger partial charge in [-0.2, -0.15) is 0 Å². The molecule has 162 valence electrons. The summed E-state index contributed by atoms with van der Waals surface area (Å²) in [5.74, 6) is -0.0430. The Morgan fingerprint density at radius 2 is 2.10 bits per heavy atom. The molecule has 2 saturated heterocycles. The second-order valence-electron chi connectivity index (χ2n) is 7.69. The summed E-state index contributed by atoms with van der Waals surface area (Å²) in [6, 6.07) is -0.665. The summed E-state index contributed by atoms with van der Waals surface area (Å²) < 4.78 is 4.85. The molecule has 10 heteroatoms. The standard InChI is InChI=1S/C19H31N5O5/c1-5-9-29-19(28)20-8-6-7-15-18(27)22(10-14(2)3)11-16-23(13-25)21(4)12-17(26)24(15)16/h5,13-16H,1,6-12H2,2-4H3,(H,20,28)/t15-,16?/m0/s1.